The summed E-state index contributed by atoms with van der Waals surface area (Å²) in [5.74, 6) is 0.525. The van der Waals surface area contributed by atoms with Gasteiger partial charge in [-0.1, -0.05) is 17.7 Å². The van der Waals surface area contributed by atoms with Crippen LogP contribution in [-0.4, -0.2) is 12.2 Å². The minimum absolute atomic E-state index is 0.0371. The summed E-state index contributed by atoms with van der Waals surface area (Å²) in [4.78, 5) is 0. The minimum atomic E-state index is -0.0371. The molecule has 0 amide bonds. The third kappa shape index (κ3) is 3.39. The topological polar surface area (TPSA) is 65.3 Å². The maximum Gasteiger partial charge on any atom is 0.160 e. The lowest BCUT2D eigenvalue weighted by molar-refractivity contribution is 0.373. The second-order valence-corrected chi connectivity index (χ2v) is 5.01. The van der Waals surface area contributed by atoms with E-state index in [4.69, 9.17) is 21.6 Å². The van der Waals surface area contributed by atoms with E-state index >= 15 is 0 Å². The molecule has 108 valence electrons. The lowest BCUT2D eigenvalue weighted by Gasteiger charge is -2.18. The number of nitrogens with zero attached hydrogens (tertiary/aromatic N) is 1. The Hall–Kier alpha value is -2.38. The van der Waals surface area contributed by atoms with Crippen molar-refractivity contribution in [1.82, 2.24) is 0 Å². The summed E-state index contributed by atoms with van der Waals surface area (Å²) in [5, 5.41) is 22.2. The number of hydrogen-bond donors (Lipinski definition) is 2. The van der Waals surface area contributed by atoms with Gasteiger partial charge >= 0.3 is 0 Å². The van der Waals surface area contributed by atoms with E-state index in [9.17, 15) is 5.11 Å². The van der Waals surface area contributed by atoms with Crippen LogP contribution >= 0.6 is 11.6 Å². The molecule has 4 nitrogen and oxygen atoms in total. The van der Waals surface area contributed by atoms with Crippen LogP contribution in [0, 0.1) is 11.3 Å². The molecule has 0 saturated carbocycles. The maximum absolute atomic E-state index is 9.61. The summed E-state index contributed by atoms with van der Waals surface area (Å²) < 4.78 is 5.10. The van der Waals surface area contributed by atoms with Crippen LogP contribution in [0.3, 0.4) is 0 Å². The summed E-state index contributed by atoms with van der Waals surface area (Å²) in [6.45, 7) is 1.97. The second-order valence-electron chi connectivity index (χ2n) is 4.60. The lowest BCUT2D eigenvalue weighted by Crippen LogP contribution is -2.07. The molecule has 2 aromatic rings. The molecular formula is C16H15ClN2O2. The molecule has 21 heavy (non-hydrogen) atoms. The van der Waals surface area contributed by atoms with E-state index in [0.29, 0.717) is 16.3 Å². The first-order valence-corrected chi connectivity index (χ1v) is 6.76. The van der Waals surface area contributed by atoms with Crippen molar-refractivity contribution in [3.8, 4) is 17.6 Å². The third-order valence-corrected chi connectivity index (χ3v) is 3.49. The Morgan fingerprint density at radius 1 is 1.29 bits per heavy atom. The molecule has 1 unspecified atom stereocenters. The van der Waals surface area contributed by atoms with Gasteiger partial charge in [0.05, 0.1) is 29.5 Å². The van der Waals surface area contributed by atoms with Crippen LogP contribution in [0.15, 0.2) is 36.4 Å². The molecule has 0 aromatic heterocycles. The van der Waals surface area contributed by atoms with Gasteiger partial charge in [-0.05, 0) is 42.8 Å². The standard InChI is InChI=1S/C16H15ClN2O2/c1-10(12-4-6-15(20)16(8-12)21-2)19-14-5-3-11(9-18)7-13(14)17/h3-8,10,19-20H,1-2H3. The largest absolute Gasteiger partial charge is 0.504 e. The molecular weight excluding hydrogens is 288 g/mol. The number of hydrogen-bond acceptors (Lipinski definition) is 4. The van der Waals surface area contributed by atoms with Crippen LogP contribution in [0.25, 0.3) is 0 Å². The van der Waals surface area contributed by atoms with Crippen LogP contribution in [0.4, 0.5) is 5.69 Å². The number of nitriles is 1. The van der Waals surface area contributed by atoms with Gasteiger partial charge in [0.1, 0.15) is 0 Å². The van der Waals surface area contributed by atoms with E-state index in [1.807, 2.05) is 19.1 Å². The smallest absolute Gasteiger partial charge is 0.160 e. The van der Waals surface area contributed by atoms with Gasteiger partial charge in [-0.3, -0.25) is 0 Å². The fraction of sp³-hybridized carbons (Fsp3) is 0.188. The molecule has 0 radical (unpaired) electrons. The number of anilines is 1. The third-order valence-electron chi connectivity index (χ3n) is 3.17. The Morgan fingerprint density at radius 2 is 2.05 bits per heavy atom. The number of rotatable bonds is 4. The number of halogens is 1. The van der Waals surface area contributed by atoms with E-state index in [0.717, 1.165) is 11.3 Å². The van der Waals surface area contributed by atoms with Crippen molar-refractivity contribution in [2.45, 2.75) is 13.0 Å². The fourth-order valence-electron chi connectivity index (χ4n) is 1.98. The summed E-state index contributed by atoms with van der Waals surface area (Å²) >= 11 is 6.15. The van der Waals surface area contributed by atoms with Crippen molar-refractivity contribution in [2.24, 2.45) is 0 Å². The molecule has 2 aromatic carbocycles. The van der Waals surface area contributed by atoms with Gasteiger partial charge in [0.25, 0.3) is 0 Å². The van der Waals surface area contributed by atoms with Crippen LogP contribution in [-0.2, 0) is 0 Å². The van der Waals surface area contributed by atoms with E-state index in [2.05, 4.69) is 5.32 Å². The van der Waals surface area contributed by atoms with Crippen LogP contribution in [0.5, 0.6) is 11.5 Å². The van der Waals surface area contributed by atoms with Crippen LogP contribution < -0.4 is 10.1 Å². The first-order chi connectivity index (χ1) is 10.0. The first kappa shape index (κ1) is 15.0. The highest BCUT2D eigenvalue weighted by atomic mass is 35.5. The number of nitrogens with one attached hydrogen (secondary N) is 1. The molecule has 0 aliphatic rings. The zero-order valence-corrected chi connectivity index (χ0v) is 12.5. The van der Waals surface area contributed by atoms with E-state index in [1.54, 1.807) is 30.3 Å². The Bertz CT molecular complexity index is 695. The number of phenolic OH excluding ortho intramolecular Hbond substituents is 1. The summed E-state index contributed by atoms with van der Waals surface area (Å²) in [7, 11) is 1.51. The van der Waals surface area contributed by atoms with Gasteiger partial charge in [-0.2, -0.15) is 5.26 Å². The van der Waals surface area contributed by atoms with Crippen molar-refractivity contribution in [1.29, 1.82) is 5.26 Å². The number of methoxy groups -OCH3 is 1. The van der Waals surface area contributed by atoms with Crippen molar-refractivity contribution in [3.63, 3.8) is 0 Å². The van der Waals surface area contributed by atoms with Crippen molar-refractivity contribution in [2.75, 3.05) is 12.4 Å². The van der Waals surface area contributed by atoms with Crippen LogP contribution in [0.2, 0.25) is 5.02 Å². The van der Waals surface area contributed by atoms with Crippen molar-refractivity contribution in [3.05, 3.63) is 52.5 Å². The number of ether oxygens (including phenoxy) is 1. The summed E-state index contributed by atoms with van der Waals surface area (Å²) in [6.07, 6.45) is 0. The van der Waals surface area contributed by atoms with Gasteiger partial charge in [0.2, 0.25) is 0 Å². The van der Waals surface area contributed by atoms with Crippen LogP contribution in [0.1, 0.15) is 24.1 Å². The maximum atomic E-state index is 9.61. The average molecular weight is 303 g/mol. The summed E-state index contributed by atoms with van der Waals surface area (Å²) in [5.41, 5.74) is 2.21. The Balaban J connectivity index is 2.22. The SMILES string of the molecule is COc1cc(C(C)Nc2ccc(C#N)cc2Cl)ccc1O. The zero-order chi connectivity index (χ0) is 15.4. The normalized spacial score (nSPS) is 11.5. The van der Waals surface area contributed by atoms with Gasteiger partial charge in [0, 0.05) is 6.04 Å². The molecule has 2 N–H and O–H groups in total. The highest BCUT2D eigenvalue weighted by Crippen LogP contribution is 2.31. The molecule has 0 heterocycles. The number of phenols is 1. The average Bonchev–Trinajstić information content (AvgIpc) is 2.49. The van der Waals surface area contributed by atoms with Gasteiger partial charge in [-0.25, -0.2) is 0 Å². The van der Waals surface area contributed by atoms with Crippen molar-refractivity contribution < 1.29 is 9.84 Å². The Kier molecular flexibility index (Phi) is 4.56. The molecule has 0 aliphatic heterocycles. The summed E-state index contributed by atoms with van der Waals surface area (Å²) in [6, 6.07) is 12.3. The second kappa shape index (κ2) is 6.38. The first-order valence-electron chi connectivity index (χ1n) is 6.38. The number of aromatic hydroxyl groups is 1. The molecule has 2 rings (SSSR count). The molecule has 0 aliphatic carbocycles. The molecule has 0 bridgehead atoms. The molecule has 1 atom stereocenters. The monoisotopic (exact) mass is 302 g/mol. The van der Waals surface area contributed by atoms with E-state index in [1.165, 1.54) is 7.11 Å². The lowest BCUT2D eigenvalue weighted by atomic mass is 10.1. The van der Waals surface area contributed by atoms with E-state index < -0.39 is 0 Å². The minimum Gasteiger partial charge on any atom is -0.504 e. The Labute approximate surface area is 128 Å². The number of benzene rings is 2. The van der Waals surface area contributed by atoms with Gasteiger partial charge in [0.15, 0.2) is 11.5 Å². The zero-order valence-electron chi connectivity index (χ0n) is 11.7. The highest BCUT2D eigenvalue weighted by molar-refractivity contribution is 6.33. The predicted molar refractivity (Wildman–Crippen MR) is 82.9 cm³/mol. The highest BCUT2D eigenvalue weighted by Gasteiger charge is 2.11. The molecule has 5 heteroatoms. The molecule has 0 fully saturated rings. The molecule has 0 saturated heterocycles. The van der Waals surface area contributed by atoms with E-state index in [-0.39, 0.29) is 11.8 Å². The quantitative estimate of drug-likeness (QED) is 0.892. The molecule has 0 spiro atoms. The predicted octanol–water partition coefficient (Wildman–Crippen LogP) is 4.10. The fourth-order valence-corrected chi connectivity index (χ4v) is 2.22. The Morgan fingerprint density at radius 3 is 2.67 bits per heavy atom. The van der Waals surface area contributed by atoms with Crippen molar-refractivity contribution >= 4 is 17.3 Å². The van der Waals surface area contributed by atoms with Gasteiger partial charge in [-0.15, -0.1) is 0 Å². The van der Waals surface area contributed by atoms with Gasteiger partial charge < -0.3 is 15.2 Å².